The van der Waals surface area contributed by atoms with E-state index >= 15 is 0 Å². The van der Waals surface area contributed by atoms with Crippen molar-refractivity contribution >= 4 is 16.5 Å². The van der Waals surface area contributed by atoms with Crippen molar-refractivity contribution < 1.29 is 0 Å². The molecule has 1 N–H and O–H groups in total. The first kappa shape index (κ1) is 15.4. The summed E-state index contributed by atoms with van der Waals surface area (Å²) in [5, 5.41) is 0. The van der Waals surface area contributed by atoms with E-state index in [0.29, 0.717) is 0 Å². The summed E-state index contributed by atoms with van der Waals surface area (Å²) < 4.78 is 4.07. The van der Waals surface area contributed by atoms with Gasteiger partial charge < -0.3 is 4.65 Å². The molecule has 0 aliphatic heterocycles. The Kier molecular flexibility index (Phi) is 5.79. The van der Waals surface area contributed by atoms with Crippen molar-refractivity contribution in [2.24, 2.45) is 11.8 Å². The molecule has 92 valence electrons. The lowest BCUT2D eigenvalue weighted by Gasteiger charge is -2.36. The van der Waals surface area contributed by atoms with E-state index in [9.17, 15) is 0 Å². The zero-order chi connectivity index (χ0) is 12.3. The van der Waals surface area contributed by atoms with Crippen molar-refractivity contribution in [3.63, 3.8) is 0 Å². The van der Waals surface area contributed by atoms with Gasteiger partial charge in [0.15, 0.2) is 0 Å². The highest BCUT2D eigenvalue weighted by Gasteiger charge is 2.31. The van der Waals surface area contributed by atoms with E-state index < -0.39 is 16.5 Å². The van der Waals surface area contributed by atoms with Gasteiger partial charge in [-0.25, -0.2) is 0 Å². The van der Waals surface area contributed by atoms with Crippen LogP contribution in [0.3, 0.4) is 0 Å². The number of rotatable bonds is 6. The smallest absolute Gasteiger partial charge is 0.113 e. The predicted molar refractivity (Wildman–Crippen MR) is 77.4 cm³/mol. The Hall–Kier alpha value is 0.394. The van der Waals surface area contributed by atoms with Gasteiger partial charge >= 0.3 is 0 Å². The van der Waals surface area contributed by atoms with Crippen molar-refractivity contribution in [1.29, 1.82) is 0 Å². The molecule has 0 radical (unpaired) electrons. The molecule has 0 aromatic carbocycles. The zero-order valence-corrected chi connectivity index (χ0v) is 14.1. The van der Waals surface area contributed by atoms with E-state index in [0.717, 1.165) is 11.8 Å². The normalized spacial score (nSPS) is 14.0. The maximum absolute atomic E-state index is 4.07. The van der Waals surface area contributed by atoms with Gasteiger partial charge in [-0.3, -0.25) is 0 Å². The van der Waals surface area contributed by atoms with Crippen LogP contribution in [-0.4, -0.2) is 16.5 Å². The molecule has 3 heteroatoms. The summed E-state index contributed by atoms with van der Waals surface area (Å²) in [6.45, 7) is 19.3. The number of hydrogen-bond donors (Lipinski definition) is 1. The largest absolute Gasteiger partial charge is 0.359 e. The zero-order valence-electron chi connectivity index (χ0n) is 12.1. The Bertz CT molecular complexity index is 166. The summed E-state index contributed by atoms with van der Waals surface area (Å²) in [7, 11) is -2.31. The molecule has 0 aromatic rings. The average molecular weight is 246 g/mol. The van der Waals surface area contributed by atoms with Crippen LogP contribution in [0, 0.1) is 11.8 Å². The fraction of sp³-hybridized carbons (Fsp3) is 1.00. The molecule has 0 spiro atoms. The first-order valence-corrected chi connectivity index (χ1v) is 12.7. The van der Waals surface area contributed by atoms with Crippen molar-refractivity contribution in [1.82, 2.24) is 4.65 Å². The Labute approximate surface area is 99.2 Å². The summed E-state index contributed by atoms with van der Waals surface area (Å²) in [5.41, 5.74) is 0. The molecule has 0 heterocycles. The molecule has 0 rings (SSSR count). The van der Waals surface area contributed by atoms with Gasteiger partial charge in [-0.2, -0.15) is 0 Å². The first-order valence-electron chi connectivity index (χ1n) is 6.33. The number of hydrogen-bond acceptors (Lipinski definition) is 1. The molecule has 0 fully saturated rings. The highest BCUT2D eigenvalue weighted by molar-refractivity contribution is 6.91. The minimum absolute atomic E-state index is 0.836. The van der Waals surface area contributed by atoms with E-state index in [4.69, 9.17) is 0 Å². The molecule has 0 aliphatic carbocycles. The molecule has 15 heavy (non-hydrogen) atoms. The molecule has 0 unspecified atom stereocenters. The van der Waals surface area contributed by atoms with E-state index in [1.165, 1.54) is 12.1 Å². The minimum atomic E-state index is -1.16. The topological polar surface area (TPSA) is 12.0 Å². The summed E-state index contributed by atoms with van der Waals surface area (Å²) in [6, 6.07) is 2.81. The van der Waals surface area contributed by atoms with E-state index in [1.807, 2.05) is 0 Å². The van der Waals surface area contributed by atoms with E-state index in [2.05, 4.69) is 58.5 Å². The van der Waals surface area contributed by atoms with Gasteiger partial charge in [0.2, 0.25) is 0 Å². The lowest BCUT2D eigenvalue weighted by atomic mass is 10.3. The van der Waals surface area contributed by atoms with Crippen molar-refractivity contribution in [2.45, 2.75) is 66.0 Å². The Morgan fingerprint density at radius 1 is 0.733 bits per heavy atom. The van der Waals surface area contributed by atoms with Crippen LogP contribution in [0.15, 0.2) is 0 Å². The maximum atomic E-state index is 4.07. The fourth-order valence-electron chi connectivity index (χ4n) is 3.06. The molecule has 0 aliphatic rings. The van der Waals surface area contributed by atoms with Crippen LogP contribution < -0.4 is 4.65 Å². The van der Waals surface area contributed by atoms with Gasteiger partial charge in [0.25, 0.3) is 0 Å². The van der Waals surface area contributed by atoms with Crippen molar-refractivity contribution in [2.75, 3.05) is 0 Å². The summed E-state index contributed by atoms with van der Waals surface area (Å²) >= 11 is 0. The average Bonchev–Trinajstić information content (AvgIpc) is 1.73. The molecule has 1 nitrogen and oxygen atoms in total. The second kappa shape index (κ2) is 5.64. The minimum Gasteiger partial charge on any atom is -0.359 e. The molecule has 0 saturated carbocycles. The third kappa shape index (κ3) is 8.23. The van der Waals surface area contributed by atoms with E-state index in [1.54, 1.807) is 0 Å². The summed E-state index contributed by atoms with van der Waals surface area (Å²) in [4.78, 5) is 0. The summed E-state index contributed by atoms with van der Waals surface area (Å²) in [5.74, 6) is 1.67. The third-order valence-electron chi connectivity index (χ3n) is 2.51. The van der Waals surface area contributed by atoms with Gasteiger partial charge in [0.1, 0.15) is 16.5 Å². The quantitative estimate of drug-likeness (QED) is 0.688. The molecule has 0 saturated heterocycles. The first-order chi connectivity index (χ1) is 6.54. The maximum Gasteiger partial charge on any atom is 0.113 e. The molecular formula is C12H31NSi2. The number of nitrogens with one attached hydrogen (secondary N) is 1. The monoisotopic (exact) mass is 245 g/mol. The second-order valence-corrected chi connectivity index (χ2v) is 16.4. The Morgan fingerprint density at radius 3 is 1.20 bits per heavy atom. The van der Waals surface area contributed by atoms with Crippen LogP contribution in [0.4, 0.5) is 0 Å². The molecular weight excluding hydrogens is 214 g/mol. The molecule has 0 atom stereocenters. The van der Waals surface area contributed by atoms with Crippen molar-refractivity contribution in [3.05, 3.63) is 0 Å². The summed E-state index contributed by atoms with van der Waals surface area (Å²) in [6.07, 6.45) is 0. The van der Waals surface area contributed by atoms with Gasteiger partial charge in [0.05, 0.1) is 0 Å². The second-order valence-electron chi connectivity index (χ2n) is 7.09. The van der Waals surface area contributed by atoms with Gasteiger partial charge in [-0.1, -0.05) is 53.9 Å². The van der Waals surface area contributed by atoms with Crippen LogP contribution in [0.1, 0.15) is 27.7 Å². The molecule has 0 bridgehead atoms. The molecule has 0 amide bonds. The fourth-order valence-corrected chi connectivity index (χ4v) is 15.3. The Morgan fingerprint density at radius 2 is 1.00 bits per heavy atom. The van der Waals surface area contributed by atoms with Crippen LogP contribution in [0.25, 0.3) is 0 Å². The highest BCUT2D eigenvalue weighted by atomic mass is 28.4. The lowest BCUT2D eigenvalue weighted by molar-refractivity contribution is 0.705. The van der Waals surface area contributed by atoms with Crippen LogP contribution in [-0.2, 0) is 0 Å². The van der Waals surface area contributed by atoms with Crippen LogP contribution >= 0.6 is 0 Å². The predicted octanol–water partition coefficient (Wildman–Crippen LogP) is 4.30. The third-order valence-corrected chi connectivity index (χ3v) is 11.6. The van der Waals surface area contributed by atoms with Crippen LogP contribution in [0.2, 0.25) is 38.3 Å². The lowest BCUT2D eigenvalue weighted by Crippen LogP contribution is -2.59. The van der Waals surface area contributed by atoms with Crippen molar-refractivity contribution in [3.8, 4) is 0 Å². The van der Waals surface area contributed by atoms with Gasteiger partial charge in [-0.15, -0.1) is 0 Å². The highest BCUT2D eigenvalue weighted by Crippen LogP contribution is 2.20. The van der Waals surface area contributed by atoms with Gasteiger partial charge in [0, 0.05) is 0 Å². The molecule has 0 aromatic heterocycles. The van der Waals surface area contributed by atoms with E-state index in [-0.39, 0.29) is 0 Å². The Balaban J connectivity index is 4.29. The standard InChI is InChI=1S/C12H31NSi2/c1-11(2)9-14(5,6)13-15(7,8)10-12(3)4/h11-13H,9-10H2,1-8H3. The van der Waals surface area contributed by atoms with Gasteiger partial charge in [-0.05, 0) is 23.9 Å². The SMILES string of the molecule is CC(C)C[Si](C)(C)N[Si](C)(C)CC(C)C. The van der Waals surface area contributed by atoms with Crippen LogP contribution in [0.5, 0.6) is 0 Å².